The van der Waals surface area contributed by atoms with Crippen LogP contribution in [0.15, 0.2) is 18.2 Å². The van der Waals surface area contributed by atoms with Crippen LogP contribution in [0.4, 0.5) is 5.69 Å². The van der Waals surface area contributed by atoms with Crippen molar-refractivity contribution in [1.29, 1.82) is 5.26 Å². The Morgan fingerprint density at radius 2 is 2.25 bits per heavy atom. The van der Waals surface area contributed by atoms with E-state index in [2.05, 4.69) is 0 Å². The van der Waals surface area contributed by atoms with E-state index in [1.54, 1.807) is 0 Å². The largest absolute Gasteiger partial charge is 0.492 e. The van der Waals surface area contributed by atoms with Crippen molar-refractivity contribution in [2.75, 3.05) is 6.61 Å². The lowest BCUT2D eigenvalue weighted by Gasteiger charge is -2.09. The zero-order valence-electron chi connectivity index (χ0n) is 9.14. The van der Waals surface area contributed by atoms with Crippen LogP contribution >= 0.6 is 0 Å². The second kappa shape index (κ2) is 5.12. The molecule has 0 aromatic heterocycles. The topological polar surface area (TPSA) is 76.2 Å². The summed E-state index contributed by atoms with van der Waals surface area (Å²) >= 11 is 0. The molecule has 84 valence electrons. The summed E-state index contributed by atoms with van der Waals surface area (Å²) in [7, 11) is 0. The van der Waals surface area contributed by atoms with Gasteiger partial charge in [-0.2, -0.15) is 5.26 Å². The molecule has 16 heavy (non-hydrogen) atoms. The van der Waals surface area contributed by atoms with E-state index < -0.39 is 4.92 Å². The minimum atomic E-state index is -0.535. The standard InChI is InChI=1S/C11H12N2O3/c1-8(2)7-16-11-4-3-10(13(14)15)5-9(11)6-12/h3-5,8H,7H2,1-2H3. The fourth-order valence-corrected chi connectivity index (χ4v) is 1.10. The monoisotopic (exact) mass is 220 g/mol. The first-order valence-corrected chi connectivity index (χ1v) is 4.86. The summed E-state index contributed by atoms with van der Waals surface area (Å²) in [5.74, 6) is 0.725. The average molecular weight is 220 g/mol. The highest BCUT2D eigenvalue weighted by molar-refractivity contribution is 5.50. The van der Waals surface area contributed by atoms with E-state index in [-0.39, 0.29) is 11.3 Å². The first-order chi connectivity index (χ1) is 7.54. The van der Waals surface area contributed by atoms with Gasteiger partial charge in [-0.25, -0.2) is 0 Å². The number of benzene rings is 1. The van der Waals surface area contributed by atoms with E-state index in [1.165, 1.54) is 18.2 Å². The zero-order valence-corrected chi connectivity index (χ0v) is 9.14. The van der Waals surface area contributed by atoms with Crippen molar-refractivity contribution in [2.24, 2.45) is 5.92 Å². The molecule has 0 radical (unpaired) electrons. The van der Waals surface area contributed by atoms with E-state index >= 15 is 0 Å². The van der Waals surface area contributed by atoms with Crippen LogP contribution in [0, 0.1) is 27.4 Å². The number of ether oxygens (including phenoxy) is 1. The van der Waals surface area contributed by atoms with Gasteiger partial charge in [-0.15, -0.1) is 0 Å². The Morgan fingerprint density at radius 1 is 1.56 bits per heavy atom. The number of nitro benzene ring substituents is 1. The number of nitriles is 1. The number of non-ortho nitro benzene ring substituents is 1. The maximum absolute atomic E-state index is 10.5. The van der Waals surface area contributed by atoms with Gasteiger partial charge in [0.2, 0.25) is 0 Å². The molecule has 5 heteroatoms. The van der Waals surface area contributed by atoms with E-state index in [4.69, 9.17) is 10.00 Å². The van der Waals surface area contributed by atoms with Gasteiger partial charge in [0.05, 0.1) is 11.5 Å². The fourth-order valence-electron chi connectivity index (χ4n) is 1.10. The van der Waals surface area contributed by atoms with E-state index in [1.807, 2.05) is 19.9 Å². The molecular weight excluding hydrogens is 208 g/mol. The van der Waals surface area contributed by atoms with Gasteiger partial charge in [-0.3, -0.25) is 10.1 Å². The second-order valence-electron chi connectivity index (χ2n) is 3.75. The summed E-state index contributed by atoms with van der Waals surface area (Å²) < 4.78 is 5.38. The molecule has 0 aliphatic heterocycles. The Balaban J connectivity index is 2.94. The Kier molecular flexibility index (Phi) is 3.84. The molecule has 0 bridgehead atoms. The maximum Gasteiger partial charge on any atom is 0.271 e. The number of nitrogens with zero attached hydrogens (tertiary/aromatic N) is 2. The van der Waals surface area contributed by atoms with Crippen molar-refractivity contribution in [1.82, 2.24) is 0 Å². The van der Waals surface area contributed by atoms with Crippen molar-refractivity contribution < 1.29 is 9.66 Å². The molecule has 5 nitrogen and oxygen atoms in total. The molecule has 0 spiro atoms. The van der Waals surface area contributed by atoms with Gasteiger partial charge in [0, 0.05) is 12.1 Å². The Bertz CT molecular complexity index is 435. The Labute approximate surface area is 93.4 Å². The molecule has 0 aliphatic carbocycles. The lowest BCUT2D eigenvalue weighted by Crippen LogP contribution is -2.05. The Morgan fingerprint density at radius 3 is 2.75 bits per heavy atom. The van der Waals surface area contributed by atoms with Gasteiger partial charge in [0.25, 0.3) is 5.69 Å². The van der Waals surface area contributed by atoms with Gasteiger partial charge in [-0.1, -0.05) is 13.8 Å². The molecule has 0 saturated heterocycles. The third kappa shape index (κ3) is 2.95. The molecule has 0 aliphatic rings. The summed E-state index contributed by atoms with van der Waals surface area (Å²) in [5, 5.41) is 19.3. The molecule has 0 saturated carbocycles. The molecule has 0 unspecified atom stereocenters. The molecule has 0 amide bonds. The maximum atomic E-state index is 10.5. The summed E-state index contributed by atoms with van der Waals surface area (Å²) in [5.41, 5.74) is 0.0864. The van der Waals surface area contributed by atoms with E-state index in [0.29, 0.717) is 18.3 Å². The first kappa shape index (κ1) is 12.0. The van der Waals surface area contributed by atoms with Gasteiger partial charge in [0.1, 0.15) is 17.4 Å². The summed E-state index contributed by atoms with van der Waals surface area (Å²) in [6.07, 6.45) is 0. The van der Waals surface area contributed by atoms with Crippen LogP contribution < -0.4 is 4.74 Å². The van der Waals surface area contributed by atoms with Crippen molar-refractivity contribution in [3.05, 3.63) is 33.9 Å². The molecule has 0 atom stereocenters. The van der Waals surface area contributed by atoms with Gasteiger partial charge < -0.3 is 4.74 Å². The number of hydrogen-bond acceptors (Lipinski definition) is 4. The molecular formula is C11H12N2O3. The van der Waals surface area contributed by atoms with Crippen LogP contribution in [-0.4, -0.2) is 11.5 Å². The van der Waals surface area contributed by atoms with Gasteiger partial charge in [0.15, 0.2) is 0 Å². The highest BCUT2D eigenvalue weighted by atomic mass is 16.6. The Hall–Kier alpha value is -2.09. The highest BCUT2D eigenvalue weighted by Crippen LogP contribution is 2.23. The van der Waals surface area contributed by atoms with Gasteiger partial charge >= 0.3 is 0 Å². The lowest BCUT2D eigenvalue weighted by molar-refractivity contribution is -0.384. The molecule has 0 heterocycles. The second-order valence-corrected chi connectivity index (χ2v) is 3.75. The van der Waals surface area contributed by atoms with Crippen molar-refractivity contribution in [3.8, 4) is 11.8 Å². The molecule has 1 aromatic carbocycles. The number of rotatable bonds is 4. The highest BCUT2D eigenvalue weighted by Gasteiger charge is 2.11. The zero-order chi connectivity index (χ0) is 12.1. The molecule has 0 fully saturated rings. The van der Waals surface area contributed by atoms with E-state index in [9.17, 15) is 10.1 Å². The van der Waals surface area contributed by atoms with Gasteiger partial charge in [-0.05, 0) is 12.0 Å². The predicted octanol–water partition coefficient (Wildman–Crippen LogP) is 2.50. The molecule has 1 rings (SSSR count). The van der Waals surface area contributed by atoms with Crippen molar-refractivity contribution >= 4 is 5.69 Å². The van der Waals surface area contributed by atoms with Crippen molar-refractivity contribution in [2.45, 2.75) is 13.8 Å². The minimum absolute atomic E-state index is 0.103. The van der Waals surface area contributed by atoms with Crippen LogP contribution in [-0.2, 0) is 0 Å². The summed E-state index contributed by atoms with van der Waals surface area (Å²) in [6.45, 7) is 4.45. The summed E-state index contributed by atoms with van der Waals surface area (Å²) in [6, 6.07) is 5.89. The van der Waals surface area contributed by atoms with Crippen LogP contribution in [0.3, 0.4) is 0 Å². The first-order valence-electron chi connectivity index (χ1n) is 4.86. The number of nitro groups is 1. The predicted molar refractivity (Wildman–Crippen MR) is 58.1 cm³/mol. The SMILES string of the molecule is CC(C)COc1ccc([N+](=O)[O-])cc1C#N. The van der Waals surface area contributed by atoms with Crippen LogP contribution in [0.5, 0.6) is 5.75 Å². The smallest absolute Gasteiger partial charge is 0.271 e. The average Bonchev–Trinajstić information content (AvgIpc) is 2.25. The van der Waals surface area contributed by atoms with E-state index in [0.717, 1.165) is 0 Å². The fraction of sp³-hybridized carbons (Fsp3) is 0.364. The third-order valence-electron chi connectivity index (χ3n) is 1.87. The molecule has 0 N–H and O–H groups in total. The molecule has 1 aromatic rings. The quantitative estimate of drug-likeness (QED) is 0.577. The van der Waals surface area contributed by atoms with Crippen LogP contribution in [0.25, 0.3) is 0 Å². The van der Waals surface area contributed by atoms with Crippen LogP contribution in [0.2, 0.25) is 0 Å². The number of hydrogen-bond donors (Lipinski definition) is 0. The lowest BCUT2D eigenvalue weighted by atomic mass is 10.2. The minimum Gasteiger partial charge on any atom is -0.492 e. The third-order valence-corrected chi connectivity index (χ3v) is 1.87. The normalized spacial score (nSPS) is 9.88. The summed E-state index contributed by atoms with van der Waals surface area (Å²) in [4.78, 5) is 9.97. The van der Waals surface area contributed by atoms with Crippen LogP contribution in [0.1, 0.15) is 19.4 Å². The van der Waals surface area contributed by atoms with Crippen molar-refractivity contribution in [3.63, 3.8) is 0 Å².